The Hall–Kier alpha value is 1.68. The summed E-state index contributed by atoms with van der Waals surface area (Å²) < 4.78 is 15.7. The van der Waals surface area contributed by atoms with E-state index in [1.54, 1.807) is 0 Å². The van der Waals surface area contributed by atoms with Crippen molar-refractivity contribution in [2.45, 2.75) is 0 Å². The van der Waals surface area contributed by atoms with E-state index in [0.29, 0.717) is 0 Å². The fraction of sp³-hybridized carbons (Fsp3) is 0. The van der Waals surface area contributed by atoms with Crippen molar-refractivity contribution in [2.75, 3.05) is 0 Å². The maximum atomic E-state index is 7.83. The zero-order valence-corrected chi connectivity index (χ0v) is 3.27. The molecule has 0 fully saturated rings. The Kier molecular flexibility index (Phi) is 141. The molecule has 0 aromatic rings. The van der Waals surface area contributed by atoms with Gasteiger partial charge in [0, 0.05) is 0 Å². The Morgan fingerprint density at radius 2 is 0.800 bits per heavy atom. The van der Waals surface area contributed by atoms with Crippen molar-refractivity contribution >= 4 is 76.5 Å². The Morgan fingerprint density at radius 1 is 0.800 bits per heavy atom. The van der Waals surface area contributed by atoms with Crippen LogP contribution in [0.3, 0.4) is 0 Å². The van der Waals surface area contributed by atoms with Crippen LogP contribution >= 0.6 is 0 Å². The molecule has 0 rings (SSSR count). The first-order valence-electron chi connectivity index (χ1n) is 0.333. The van der Waals surface area contributed by atoms with Gasteiger partial charge in [-0.2, -0.15) is 8.42 Å². The van der Waals surface area contributed by atoms with Crippen molar-refractivity contribution in [3.05, 3.63) is 0 Å². The van der Waals surface area contributed by atoms with Crippen molar-refractivity contribution in [3.63, 3.8) is 0 Å². The van der Waals surface area contributed by atoms with E-state index in [1.807, 2.05) is 0 Å². The normalized spacial score (nSPS) is 1.60. The molecule has 0 bridgehead atoms. The Labute approximate surface area is 83.2 Å². The molecule has 0 N–H and O–H groups in total. The average molecular weight is 136 g/mol. The number of hydrogen-bond donors (Lipinski definition) is 0. The van der Waals surface area contributed by atoms with Gasteiger partial charge in [0.1, 0.15) is 0 Å². The zero-order chi connectivity index (χ0) is 4.00. The molecule has 0 aliphatic heterocycles. The number of rotatable bonds is 0. The monoisotopic (exact) mass is 136 g/mol. The van der Waals surface area contributed by atoms with Gasteiger partial charge in [-0.1, -0.05) is 0 Å². The SMILES string of the molecule is O=S.O=S.[KH]. The van der Waals surface area contributed by atoms with E-state index in [2.05, 4.69) is 25.1 Å². The predicted octanol–water partition coefficient (Wildman–Crippen LogP) is -1.32. The summed E-state index contributed by atoms with van der Waals surface area (Å²) in [6.45, 7) is 0. The summed E-state index contributed by atoms with van der Waals surface area (Å²) in [7, 11) is 0. The van der Waals surface area contributed by atoms with Crippen LogP contribution in [0, 0.1) is 0 Å². The quantitative estimate of drug-likeness (QED) is 0.387. The van der Waals surface area contributed by atoms with Crippen LogP contribution in [0.5, 0.6) is 0 Å². The van der Waals surface area contributed by atoms with Gasteiger partial charge in [-0.3, -0.25) is 0 Å². The molecule has 0 aromatic heterocycles. The molecule has 0 atom stereocenters. The summed E-state index contributed by atoms with van der Waals surface area (Å²) in [5, 5.41) is 0. The molecule has 0 saturated heterocycles. The molecular formula is HKO2S2. The van der Waals surface area contributed by atoms with Crippen LogP contribution in [0.4, 0.5) is 0 Å². The first-order valence-corrected chi connectivity index (χ1v) is 1.00. The molecule has 5 heteroatoms. The van der Waals surface area contributed by atoms with Gasteiger partial charge in [0.25, 0.3) is 0 Å². The first kappa shape index (κ1) is 15.9. The molecule has 0 aliphatic rings. The van der Waals surface area contributed by atoms with Crippen molar-refractivity contribution in [1.29, 1.82) is 0 Å². The summed E-state index contributed by atoms with van der Waals surface area (Å²) in [5.41, 5.74) is 0. The van der Waals surface area contributed by atoms with E-state index in [1.165, 1.54) is 0 Å². The van der Waals surface area contributed by atoms with Gasteiger partial charge in [-0.25, -0.2) is 0 Å². The standard InChI is InChI=1S/K.2OS.H/c;2*1-2;. The molecule has 0 radical (unpaired) electrons. The van der Waals surface area contributed by atoms with Crippen molar-refractivity contribution in [2.24, 2.45) is 0 Å². The average Bonchev–Trinajstić information content (AvgIpc) is 1.50. The molecule has 5 heavy (non-hydrogen) atoms. The van der Waals surface area contributed by atoms with Crippen molar-refractivity contribution < 1.29 is 8.42 Å². The summed E-state index contributed by atoms with van der Waals surface area (Å²) in [6, 6.07) is 0. The first-order chi connectivity index (χ1) is 2.00. The van der Waals surface area contributed by atoms with E-state index in [-0.39, 0.29) is 51.4 Å². The van der Waals surface area contributed by atoms with Gasteiger partial charge < -0.3 is 0 Å². The van der Waals surface area contributed by atoms with Gasteiger partial charge in [-0.15, -0.1) is 0 Å². The zero-order valence-electron chi connectivity index (χ0n) is 1.63. The third-order valence-corrected chi connectivity index (χ3v) is 0. The van der Waals surface area contributed by atoms with Gasteiger partial charge >= 0.3 is 51.4 Å². The second kappa shape index (κ2) is 44.2. The summed E-state index contributed by atoms with van der Waals surface area (Å²) in [5.74, 6) is 0. The second-order valence-electron chi connectivity index (χ2n) is 0. The molecular weight excluding hydrogens is 135 g/mol. The van der Waals surface area contributed by atoms with E-state index < -0.39 is 0 Å². The van der Waals surface area contributed by atoms with Crippen molar-refractivity contribution in [1.82, 2.24) is 0 Å². The molecule has 26 valence electrons. The van der Waals surface area contributed by atoms with Gasteiger partial charge in [0.05, 0.1) is 0 Å². The van der Waals surface area contributed by atoms with Gasteiger partial charge in [-0.05, 0) is 0 Å². The van der Waals surface area contributed by atoms with Gasteiger partial charge in [0.2, 0.25) is 0 Å². The maximum absolute atomic E-state index is 7.83. The molecule has 0 saturated carbocycles. The van der Waals surface area contributed by atoms with E-state index >= 15 is 0 Å². The minimum absolute atomic E-state index is 0. The van der Waals surface area contributed by atoms with Crippen LogP contribution in [-0.2, 0) is 25.1 Å². The van der Waals surface area contributed by atoms with Crippen LogP contribution < -0.4 is 0 Å². The summed E-state index contributed by atoms with van der Waals surface area (Å²) >= 11 is 5.67. The third-order valence-electron chi connectivity index (χ3n) is 0. The van der Waals surface area contributed by atoms with Crippen LogP contribution in [0.1, 0.15) is 0 Å². The fourth-order valence-corrected chi connectivity index (χ4v) is 0. The molecule has 0 spiro atoms. The Morgan fingerprint density at radius 3 is 0.800 bits per heavy atom. The second-order valence-corrected chi connectivity index (χ2v) is 0. The van der Waals surface area contributed by atoms with Crippen LogP contribution in [0.25, 0.3) is 0 Å². The minimum atomic E-state index is 0. The van der Waals surface area contributed by atoms with Crippen LogP contribution in [0.15, 0.2) is 0 Å². The Balaban J connectivity index is -0.0000000133. The fourth-order valence-electron chi connectivity index (χ4n) is 0. The van der Waals surface area contributed by atoms with Crippen LogP contribution in [0.2, 0.25) is 0 Å². The molecule has 0 aliphatic carbocycles. The molecule has 0 aromatic carbocycles. The van der Waals surface area contributed by atoms with Crippen LogP contribution in [-0.4, -0.2) is 59.8 Å². The predicted molar refractivity (Wildman–Crippen MR) is 23.4 cm³/mol. The number of hydrogen-bond acceptors (Lipinski definition) is 4. The molecule has 2 nitrogen and oxygen atoms in total. The van der Waals surface area contributed by atoms with E-state index in [0.717, 1.165) is 0 Å². The summed E-state index contributed by atoms with van der Waals surface area (Å²) in [4.78, 5) is 0. The molecule has 0 heterocycles. The van der Waals surface area contributed by atoms with Gasteiger partial charge in [0.15, 0.2) is 25.1 Å². The summed E-state index contributed by atoms with van der Waals surface area (Å²) in [6.07, 6.45) is 0. The molecule has 0 amide bonds. The Bertz CT molecular complexity index is 9.61. The molecule has 0 unspecified atom stereocenters. The van der Waals surface area contributed by atoms with E-state index in [9.17, 15) is 0 Å². The topological polar surface area (TPSA) is 34.1 Å². The van der Waals surface area contributed by atoms with Crippen molar-refractivity contribution in [3.8, 4) is 0 Å². The van der Waals surface area contributed by atoms with E-state index in [4.69, 9.17) is 8.42 Å². The third kappa shape index (κ3) is 27.3.